The number of hydrogen-bond donors (Lipinski definition) is 1. The van der Waals surface area contributed by atoms with Crippen molar-refractivity contribution in [2.45, 2.75) is 32.7 Å². The molecule has 1 aromatic carbocycles. The van der Waals surface area contributed by atoms with Gasteiger partial charge in [-0.05, 0) is 37.6 Å². The quantitative estimate of drug-likeness (QED) is 0.775. The smallest absolute Gasteiger partial charge is 0.307 e. The van der Waals surface area contributed by atoms with Gasteiger partial charge in [-0.1, -0.05) is 13.0 Å². The van der Waals surface area contributed by atoms with E-state index in [4.69, 9.17) is 4.74 Å². The van der Waals surface area contributed by atoms with Crippen LogP contribution in [0.15, 0.2) is 18.2 Å². The summed E-state index contributed by atoms with van der Waals surface area (Å²) in [4.78, 5) is 11.5. The maximum atomic E-state index is 13.2. The first-order valence-corrected chi connectivity index (χ1v) is 6.42. The van der Waals surface area contributed by atoms with Crippen LogP contribution < -0.4 is 5.32 Å². The van der Waals surface area contributed by atoms with E-state index in [1.807, 2.05) is 6.92 Å². The first kappa shape index (κ1) is 15.6. The average Bonchev–Trinajstić information content (AvgIpc) is 2.38. The minimum Gasteiger partial charge on any atom is -0.466 e. The van der Waals surface area contributed by atoms with E-state index in [-0.39, 0.29) is 18.4 Å². The lowest BCUT2D eigenvalue weighted by Gasteiger charge is -2.18. The third kappa shape index (κ3) is 4.95. The van der Waals surface area contributed by atoms with Crippen molar-refractivity contribution in [1.82, 2.24) is 5.32 Å². The second-order valence-electron chi connectivity index (χ2n) is 4.19. The lowest BCUT2D eigenvalue weighted by atomic mass is 10.0. The van der Waals surface area contributed by atoms with Gasteiger partial charge in [0, 0.05) is 6.04 Å². The molecule has 0 amide bonds. The summed E-state index contributed by atoms with van der Waals surface area (Å²) in [5.74, 6) is -2.17. The minimum absolute atomic E-state index is 0.0961. The Bertz CT molecular complexity index is 424. The summed E-state index contributed by atoms with van der Waals surface area (Å²) in [5, 5.41) is 3.13. The van der Waals surface area contributed by atoms with Crippen LogP contribution in [0.25, 0.3) is 0 Å². The second-order valence-corrected chi connectivity index (χ2v) is 4.19. The van der Waals surface area contributed by atoms with Gasteiger partial charge in [0.15, 0.2) is 11.6 Å². The molecule has 0 aliphatic carbocycles. The number of nitrogens with one attached hydrogen (secondary N) is 1. The summed E-state index contributed by atoms with van der Waals surface area (Å²) in [6, 6.07) is 3.29. The molecule has 1 atom stereocenters. The van der Waals surface area contributed by atoms with E-state index in [0.717, 1.165) is 18.6 Å². The highest BCUT2D eigenvalue weighted by Gasteiger charge is 2.17. The predicted octanol–water partition coefficient (Wildman–Crippen LogP) is 2.96. The molecule has 0 spiro atoms. The van der Waals surface area contributed by atoms with E-state index in [0.29, 0.717) is 18.7 Å². The molecule has 106 valence electrons. The number of carbonyl (C=O) groups is 1. The Balaban J connectivity index is 2.82. The monoisotopic (exact) mass is 271 g/mol. The molecule has 5 heteroatoms. The Morgan fingerprint density at radius 1 is 1.32 bits per heavy atom. The van der Waals surface area contributed by atoms with Crippen molar-refractivity contribution < 1.29 is 18.3 Å². The van der Waals surface area contributed by atoms with E-state index in [2.05, 4.69) is 5.32 Å². The van der Waals surface area contributed by atoms with Crippen LogP contribution in [0.4, 0.5) is 8.78 Å². The first-order valence-electron chi connectivity index (χ1n) is 6.42. The fourth-order valence-electron chi connectivity index (χ4n) is 1.74. The summed E-state index contributed by atoms with van der Waals surface area (Å²) in [7, 11) is 0. The number of ether oxygens (including phenoxy) is 1. The Morgan fingerprint density at radius 3 is 2.63 bits per heavy atom. The number of carbonyl (C=O) groups excluding carboxylic acids is 1. The zero-order valence-electron chi connectivity index (χ0n) is 11.2. The maximum Gasteiger partial charge on any atom is 0.307 e. The van der Waals surface area contributed by atoms with Crippen LogP contribution in [-0.4, -0.2) is 19.1 Å². The summed E-state index contributed by atoms with van der Waals surface area (Å²) < 4.78 is 31.0. The van der Waals surface area contributed by atoms with Gasteiger partial charge in [-0.15, -0.1) is 0 Å². The molecule has 1 N–H and O–H groups in total. The summed E-state index contributed by atoms with van der Waals surface area (Å²) in [6.45, 7) is 4.70. The van der Waals surface area contributed by atoms with Crippen molar-refractivity contribution in [2.75, 3.05) is 13.2 Å². The molecule has 0 heterocycles. The zero-order chi connectivity index (χ0) is 14.3. The van der Waals surface area contributed by atoms with Crippen LogP contribution in [-0.2, 0) is 9.53 Å². The number of hydrogen-bond acceptors (Lipinski definition) is 3. The van der Waals surface area contributed by atoms with Gasteiger partial charge in [-0.2, -0.15) is 0 Å². The molecular formula is C14H19F2NO2. The lowest BCUT2D eigenvalue weighted by Crippen LogP contribution is -2.25. The van der Waals surface area contributed by atoms with Gasteiger partial charge in [0.2, 0.25) is 0 Å². The normalized spacial score (nSPS) is 12.2. The molecule has 19 heavy (non-hydrogen) atoms. The molecule has 0 fully saturated rings. The summed E-state index contributed by atoms with van der Waals surface area (Å²) in [6.07, 6.45) is 0.974. The molecule has 1 unspecified atom stereocenters. The molecule has 0 radical (unpaired) electrons. The molecule has 0 saturated heterocycles. The van der Waals surface area contributed by atoms with Crippen molar-refractivity contribution in [3.63, 3.8) is 0 Å². The fourth-order valence-corrected chi connectivity index (χ4v) is 1.74. The molecule has 1 rings (SSSR count). The van der Waals surface area contributed by atoms with E-state index in [1.54, 1.807) is 6.92 Å². The number of benzene rings is 1. The van der Waals surface area contributed by atoms with E-state index in [9.17, 15) is 13.6 Å². The Labute approximate surface area is 112 Å². The van der Waals surface area contributed by atoms with Crippen LogP contribution in [0.3, 0.4) is 0 Å². The highest BCUT2D eigenvalue weighted by Crippen LogP contribution is 2.20. The highest BCUT2D eigenvalue weighted by molar-refractivity contribution is 5.70. The Hall–Kier alpha value is -1.49. The van der Waals surface area contributed by atoms with Gasteiger partial charge in [-0.25, -0.2) is 8.78 Å². The fraction of sp³-hybridized carbons (Fsp3) is 0.500. The van der Waals surface area contributed by atoms with Gasteiger partial charge < -0.3 is 10.1 Å². The van der Waals surface area contributed by atoms with Crippen molar-refractivity contribution >= 4 is 5.97 Å². The molecule has 3 nitrogen and oxygen atoms in total. The third-order valence-electron chi connectivity index (χ3n) is 2.66. The van der Waals surface area contributed by atoms with Crippen LogP contribution in [0.2, 0.25) is 0 Å². The van der Waals surface area contributed by atoms with Gasteiger partial charge in [-0.3, -0.25) is 4.79 Å². The van der Waals surface area contributed by atoms with E-state index < -0.39 is 11.6 Å². The average molecular weight is 271 g/mol. The summed E-state index contributed by atoms with van der Waals surface area (Å²) >= 11 is 0. The van der Waals surface area contributed by atoms with Crippen LogP contribution in [0.1, 0.15) is 38.3 Å². The Kier molecular flexibility index (Phi) is 6.42. The molecule has 0 saturated carbocycles. The second kappa shape index (κ2) is 7.84. The molecule has 0 aliphatic heterocycles. The van der Waals surface area contributed by atoms with Crippen molar-refractivity contribution in [3.8, 4) is 0 Å². The topological polar surface area (TPSA) is 38.3 Å². The van der Waals surface area contributed by atoms with E-state index in [1.165, 1.54) is 6.07 Å². The SMILES string of the molecule is CCCNC(CC(=O)OCC)c1ccc(F)c(F)c1. The Morgan fingerprint density at radius 2 is 2.05 bits per heavy atom. The molecule has 1 aromatic rings. The zero-order valence-corrected chi connectivity index (χ0v) is 11.2. The minimum atomic E-state index is -0.912. The van der Waals surface area contributed by atoms with Crippen molar-refractivity contribution in [3.05, 3.63) is 35.4 Å². The van der Waals surface area contributed by atoms with Crippen LogP contribution in [0.5, 0.6) is 0 Å². The van der Waals surface area contributed by atoms with Crippen molar-refractivity contribution in [1.29, 1.82) is 0 Å². The molecule has 0 aliphatic rings. The number of esters is 1. The first-order chi connectivity index (χ1) is 9.08. The predicted molar refractivity (Wildman–Crippen MR) is 68.6 cm³/mol. The van der Waals surface area contributed by atoms with Gasteiger partial charge in [0.25, 0.3) is 0 Å². The molecule has 0 bridgehead atoms. The third-order valence-corrected chi connectivity index (χ3v) is 2.66. The standard InChI is InChI=1S/C14H19F2NO2/c1-3-7-17-13(9-14(18)19-4-2)10-5-6-11(15)12(16)8-10/h5-6,8,13,17H,3-4,7,9H2,1-2H3. The largest absolute Gasteiger partial charge is 0.466 e. The maximum absolute atomic E-state index is 13.2. The molecular weight excluding hydrogens is 252 g/mol. The van der Waals surface area contributed by atoms with Crippen LogP contribution in [0, 0.1) is 11.6 Å². The highest BCUT2D eigenvalue weighted by atomic mass is 19.2. The number of rotatable bonds is 7. The van der Waals surface area contributed by atoms with Crippen molar-refractivity contribution in [2.24, 2.45) is 0 Å². The van der Waals surface area contributed by atoms with Gasteiger partial charge >= 0.3 is 5.97 Å². The van der Waals surface area contributed by atoms with E-state index >= 15 is 0 Å². The number of halogens is 2. The van der Waals surface area contributed by atoms with Gasteiger partial charge in [0.1, 0.15) is 0 Å². The molecule has 0 aromatic heterocycles. The van der Waals surface area contributed by atoms with Crippen LogP contribution >= 0.6 is 0 Å². The summed E-state index contributed by atoms with van der Waals surface area (Å²) in [5.41, 5.74) is 0.542. The lowest BCUT2D eigenvalue weighted by molar-refractivity contribution is -0.143. The van der Waals surface area contributed by atoms with Gasteiger partial charge in [0.05, 0.1) is 13.0 Å².